The second-order valence-electron chi connectivity index (χ2n) is 6.11. The van der Waals surface area contributed by atoms with Crippen LogP contribution >= 0.6 is 0 Å². The molecule has 0 aliphatic carbocycles. The summed E-state index contributed by atoms with van der Waals surface area (Å²) in [5, 5.41) is -2.04. The van der Waals surface area contributed by atoms with Crippen LogP contribution < -0.4 is 0 Å². The summed E-state index contributed by atoms with van der Waals surface area (Å²) < 4.78 is 103. The normalized spacial score (nSPS) is 14.1. The van der Waals surface area contributed by atoms with Gasteiger partial charge in [-0.3, -0.25) is 0 Å². The molecule has 0 aliphatic heterocycles. The Balaban J connectivity index is 2.23. The summed E-state index contributed by atoms with van der Waals surface area (Å²) >= 11 is 0. The van der Waals surface area contributed by atoms with Gasteiger partial charge in [-0.1, -0.05) is 42.5 Å². The number of hydrogen-bond donors (Lipinski definition) is 0. The summed E-state index contributed by atoms with van der Waals surface area (Å²) in [7, 11) is -5.32. The maximum absolute atomic E-state index is 14.4. The van der Waals surface area contributed by atoms with Gasteiger partial charge in [-0.25, -0.2) is 8.78 Å². The van der Waals surface area contributed by atoms with Gasteiger partial charge in [0.15, 0.2) is 0 Å². The molecule has 0 aromatic heterocycles. The second-order valence-corrected chi connectivity index (χ2v) is 7.73. The summed E-state index contributed by atoms with van der Waals surface area (Å²) in [6, 6.07) is 10.7. The van der Waals surface area contributed by atoms with Crippen molar-refractivity contribution in [2.24, 2.45) is 0 Å². The minimum atomic E-state index is -5.32. The van der Waals surface area contributed by atoms with Gasteiger partial charge >= 0.3 is 16.4 Å². The average Bonchev–Trinajstić information content (AvgIpc) is 2.58. The van der Waals surface area contributed by atoms with Crippen LogP contribution in [0.15, 0.2) is 54.6 Å². The molecule has 0 saturated heterocycles. The van der Waals surface area contributed by atoms with Gasteiger partial charge in [0.1, 0.15) is 0 Å². The van der Waals surface area contributed by atoms with Gasteiger partial charge in [-0.05, 0) is 30.5 Å². The van der Waals surface area contributed by atoms with Crippen LogP contribution in [-0.4, -0.2) is 13.7 Å². The predicted octanol–water partition coefficient (Wildman–Crippen LogP) is 5.49. The molecule has 0 radical (unpaired) electrons. The summed E-state index contributed by atoms with van der Waals surface area (Å²) in [6.07, 6.45) is -6.66. The fourth-order valence-corrected chi connectivity index (χ4v) is 3.45. The number of halogens is 6. The highest BCUT2D eigenvalue weighted by Crippen LogP contribution is 2.39. The zero-order valence-corrected chi connectivity index (χ0v) is 14.7. The van der Waals surface area contributed by atoms with E-state index in [1.807, 2.05) is 0 Å². The smallest absolute Gasteiger partial charge is 0.201 e. The zero-order chi connectivity index (χ0) is 20.3. The first kappa shape index (κ1) is 21.3. The summed E-state index contributed by atoms with van der Waals surface area (Å²) in [5.74, 6) is -3.94. The number of alkyl halides is 5. The van der Waals surface area contributed by atoms with Gasteiger partial charge in [-0.2, -0.15) is 21.6 Å². The molecule has 1 atom stereocenters. The molecule has 27 heavy (non-hydrogen) atoms. The van der Waals surface area contributed by atoms with E-state index in [2.05, 4.69) is 0 Å². The summed E-state index contributed by atoms with van der Waals surface area (Å²) in [6.45, 7) is 0. The van der Waals surface area contributed by atoms with Crippen molar-refractivity contribution in [1.82, 2.24) is 0 Å². The summed E-state index contributed by atoms with van der Waals surface area (Å²) in [5.41, 5.74) is -1.66. The Morgan fingerprint density at radius 2 is 1.44 bits per heavy atom. The fourth-order valence-electron chi connectivity index (χ4n) is 2.64. The van der Waals surface area contributed by atoms with Crippen molar-refractivity contribution in [2.45, 2.75) is 36.6 Å². The SMILES string of the molecule is O=S(=O)(F)C(CCc1ccccc1)CC(F)(F)c1cccc(C(F)(F)F)c1. The Morgan fingerprint density at radius 1 is 0.852 bits per heavy atom. The fraction of sp³-hybridized carbons (Fsp3) is 0.333. The van der Waals surface area contributed by atoms with Gasteiger partial charge in [0.05, 0.1) is 10.8 Å². The zero-order valence-electron chi connectivity index (χ0n) is 13.9. The molecule has 1 unspecified atom stereocenters. The van der Waals surface area contributed by atoms with E-state index in [1.54, 1.807) is 30.3 Å². The van der Waals surface area contributed by atoms with Gasteiger partial charge < -0.3 is 0 Å². The Bertz CT molecular complexity index is 863. The van der Waals surface area contributed by atoms with Crippen molar-refractivity contribution in [1.29, 1.82) is 0 Å². The molecule has 0 saturated carbocycles. The Hall–Kier alpha value is -2.03. The molecule has 2 nitrogen and oxygen atoms in total. The van der Waals surface area contributed by atoms with Crippen molar-refractivity contribution < 1.29 is 34.3 Å². The van der Waals surface area contributed by atoms with E-state index in [0.29, 0.717) is 11.6 Å². The lowest BCUT2D eigenvalue weighted by Gasteiger charge is -2.22. The van der Waals surface area contributed by atoms with Crippen LogP contribution in [0.5, 0.6) is 0 Å². The molecule has 0 heterocycles. The molecule has 0 bridgehead atoms. The van der Waals surface area contributed by atoms with E-state index >= 15 is 0 Å². The van der Waals surface area contributed by atoms with E-state index in [1.165, 1.54) is 0 Å². The highest BCUT2D eigenvalue weighted by atomic mass is 32.3. The topological polar surface area (TPSA) is 34.1 Å². The van der Waals surface area contributed by atoms with Gasteiger partial charge in [-0.15, -0.1) is 3.89 Å². The Labute approximate surface area is 153 Å². The van der Waals surface area contributed by atoms with Crippen LogP contribution in [0.3, 0.4) is 0 Å². The van der Waals surface area contributed by atoms with Crippen molar-refractivity contribution >= 4 is 10.2 Å². The van der Waals surface area contributed by atoms with E-state index in [0.717, 1.165) is 12.1 Å². The van der Waals surface area contributed by atoms with Crippen LogP contribution in [0, 0.1) is 0 Å². The Morgan fingerprint density at radius 3 is 2.00 bits per heavy atom. The number of rotatable bonds is 7. The molecule has 2 aromatic carbocycles. The van der Waals surface area contributed by atoms with Crippen LogP contribution in [0.4, 0.5) is 25.8 Å². The van der Waals surface area contributed by atoms with Crippen molar-refractivity contribution in [3.05, 3.63) is 71.3 Å². The maximum atomic E-state index is 14.4. The lowest BCUT2D eigenvalue weighted by molar-refractivity contribution is -0.137. The molecule has 148 valence electrons. The highest BCUT2D eigenvalue weighted by molar-refractivity contribution is 7.87. The minimum Gasteiger partial charge on any atom is -0.201 e. The van der Waals surface area contributed by atoms with Crippen molar-refractivity contribution in [2.75, 3.05) is 0 Å². The molecular formula is C18H16F6O2S. The third-order valence-corrected chi connectivity index (χ3v) is 5.29. The third-order valence-electron chi connectivity index (χ3n) is 4.09. The number of hydrogen-bond acceptors (Lipinski definition) is 2. The van der Waals surface area contributed by atoms with Crippen LogP contribution in [-0.2, 0) is 28.7 Å². The molecule has 0 amide bonds. The van der Waals surface area contributed by atoms with Gasteiger partial charge in [0.2, 0.25) is 0 Å². The third kappa shape index (κ3) is 5.98. The first-order valence-electron chi connectivity index (χ1n) is 7.92. The van der Waals surface area contributed by atoms with E-state index in [-0.39, 0.29) is 12.5 Å². The average molecular weight is 410 g/mol. The molecule has 2 aromatic rings. The van der Waals surface area contributed by atoms with E-state index < -0.39 is 51.5 Å². The molecular weight excluding hydrogens is 394 g/mol. The molecule has 0 aliphatic rings. The van der Waals surface area contributed by atoms with Crippen LogP contribution in [0.25, 0.3) is 0 Å². The minimum absolute atomic E-state index is 0.0350. The van der Waals surface area contributed by atoms with Gasteiger partial charge in [0, 0.05) is 12.0 Å². The highest BCUT2D eigenvalue weighted by Gasteiger charge is 2.41. The summed E-state index contributed by atoms with van der Waals surface area (Å²) in [4.78, 5) is 0. The largest absolute Gasteiger partial charge is 0.416 e. The first-order valence-corrected chi connectivity index (χ1v) is 9.37. The monoisotopic (exact) mass is 410 g/mol. The molecule has 0 fully saturated rings. The lowest BCUT2D eigenvalue weighted by atomic mass is 9.98. The standard InChI is InChI=1S/C18H16F6O2S/c19-17(20,14-7-4-8-15(11-14)18(21,22)23)12-16(27(24,25)26)10-9-13-5-2-1-3-6-13/h1-8,11,16H,9-10,12H2. The van der Waals surface area contributed by atoms with Crippen LogP contribution in [0.1, 0.15) is 29.5 Å². The molecule has 0 spiro atoms. The Kier molecular flexibility index (Phi) is 6.24. The number of benzene rings is 2. The maximum Gasteiger partial charge on any atom is 0.416 e. The quantitative estimate of drug-likeness (QED) is 0.447. The van der Waals surface area contributed by atoms with Crippen molar-refractivity contribution in [3.63, 3.8) is 0 Å². The molecule has 2 rings (SSSR count). The second kappa shape index (κ2) is 7.92. The van der Waals surface area contributed by atoms with Crippen LogP contribution in [0.2, 0.25) is 0 Å². The van der Waals surface area contributed by atoms with E-state index in [4.69, 9.17) is 0 Å². The lowest BCUT2D eigenvalue weighted by Crippen LogP contribution is -2.27. The number of aryl methyl sites for hydroxylation is 1. The van der Waals surface area contributed by atoms with Crippen molar-refractivity contribution in [3.8, 4) is 0 Å². The van der Waals surface area contributed by atoms with Gasteiger partial charge in [0.25, 0.3) is 5.92 Å². The van der Waals surface area contributed by atoms with E-state index in [9.17, 15) is 34.3 Å². The molecule has 0 N–H and O–H groups in total. The predicted molar refractivity (Wildman–Crippen MR) is 88.5 cm³/mol. The molecule has 9 heteroatoms. The first-order chi connectivity index (χ1) is 12.4.